The summed E-state index contributed by atoms with van der Waals surface area (Å²) in [6.45, 7) is 7.27. The van der Waals surface area contributed by atoms with Crippen LogP contribution >= 0.6 is 0 Å². The summed E-state index contributed by atoms with van der Waals surface area (Å²) >= 11 is 0. The van der Waals surface area contributed by atoms with Gasteiger partial charge < -0.3 is 24.5 Å². The van der Waals surface area contributed by atoms with Crippen molar-refractivity contribution in [2.45, 2.75) is 33.7 Å². The van der Waals surface area contributed by atoms with Gasteiger partial charge >= 0.3 is 5.97 Å². The number of aromatic amines is 1. The van der Waals surface area contributed by atoms with E-state index in [1.54, 1.807) is 60.1 Å². The van der Waals surface area contributed by atoms with Crippen LogP contribution in [0.5, 0.6) is 11.5 Å². The van der Waals surface area contributed by atoms with Gasteiger partial charge in [-0.1, -0.05) is 0 Å². The summed E-state index contributed by atoms with van der Waals surface area (Å²) in [6.07, 6.45) is 0. The van der Waals surface area contributed by atoms with Crippen molar-refractivity contribution >= 4 is 17.4 Å². The highest BCUT2D eigenvalue weighted by Gasteiger charge is 2.26. The molecule has 1 aromatic carbocycles. The summed E-state index contributed by atoms with van der Waals surface area (Å²) in [5, 5.41) is 3.16. The summed E-state index contributed by atoms with van der Waals surface area (Å²) in [7, 11) is 3.13. The smallest absolute Gasteiger partial charge is 0.340 e. The van der Waals surface area contributed by atoms with Gasteiger partial charge in [-0.15, -0.1) is 0 Å². The molecule has 7 nitrogen and oxygen atoms in total. The molecule has 0 fully saturated rings. The van der Waals surface area contributed by atoms with E-state index in [2.05, 4.69) is 10.3 Å². The number of hydrogen-bond acceptors (Lipinski definition) is 6. The molecule has 0 saturated heterocycles. The second-order valence-electron chi connectivity index (χ2n) is 6.14. The third kappa shape index (κ3) is 4.24. The standard InChI is InChI=1S/C20H26N2O5/c1-7-27-20(24)17-11(2)18(22-12(17)3)19(23)13(4)21-15-9-8-14(25-5)10-16(15)26-6/h8-10,13,21-22H,7H2,1-6H3/t13-/m0/s1. The van der Waals surface area contributed by atoms with Crippen LogP contribution in [0.4, 0.5) is 5.69 Å². The zero-order valence-electron chi connectivity index (χ0n) is 16.6. The fourth-order valence-corrected chi connectivity index (χ4v) is 2.94. The van der Waals surface area contributed by atoms with Gasteiger partial charge in [0.1, 0.15) is 11.5 Å². The van der Waals surface area contributed by atoms with E-state index in [1.165, 1.54) is 0 Å². The minimum Gasteiger partial charge on any atom is -0.497 e. The number of benzene rings is 1. The highest BCUT2D eigenvalue weighted by molar-refractivity contribution is 6.04. The molecule has 1 heterocycles. The van der Waals surface area contributed by atoms with Gasteiger partial charge in [-0.3, -0.25) is 4.79 Å². The van der Waals surface area contributed by atoms with E-state index < -0.39 is 12.0 Å². The predicted molar refractivity (Wildman–Crippen MR) is 103 cm³/mol. The van der Waals surface area contributed by atoms with Gasteiger partial charge in [-0.2, -0.15) is 0 Å². The van der Waals surface area contributed by atoms with Gasteiger partial charge in [0.25, 0.3) is 0 Å². The quantitative estimate of drug-likeness (QED) is 0.543. The molecule has 2 rings (SSSR count). The van der Waals surface area contributed by atoms with Gasteiger partial charge in [0, 0.05) is 11.8 Å². The van der Waals surface area contributed by atoms with E-state index in [0.29, 0.717) is 39.7 Å². The van der Waals surface area contributed by atoms with Crippen molar-refractivity contribution < 1.29 is 23.8 Å². The third-order valence-electron chi connectivity index (χ3n) is 4.34. The van der Waals surface area contributed by atoms with Crippen molar-refractivity contribution in [3.8, 4) is 11.5 Å². The Balaban J connectivity index is 2.26. The topological polar surface area (TPSA) is 89.7 Å². The lowest BCUT2D eigenvalue weighted by molar-refractivity contribution is 0.0525. The molecule has 1 aromatic heterocycles. The Morgan fingerprint density at radius 1 is 1.19 bits per heavy atom. The van der Waals surface area contributed by atoms with Crippen LogP contribution in [0.25, 0.3) is 0 Å². The average molecular weight is 374 g/mol. The highest BCUT2D eigenvalue weighted by Crippen LogP contribution is 2.30. The molecule has 0 aliphatic heterocycles. The zero-order valence-corrected chi connectivity index (χ0v) is 16.6. The molecule has 7 heteroatoms. The van der Waals surface area contributed by atoms with Gasteiger partial charge in [-0.25, -0.2) is 4.79 Å². The van der Waals surface area contributed by atoms with E-state index in [1.807, 2.05) is 0 Å². The zero-order chi connectivity index (χ0) is 20.1. The number of carbonyl (C=O) groups is 2. The number of ether oxygens (including phenoxy) is 3. The molecule has 2 N–H and O–H groups in total. The number of Topliss-reactive ketones (excluding diaryl/α,β-unsaturated/α-hetero) is 1. The summed E-state index contributed by atoms with van der Waals surface area (Å²) < 4.78 is 15.6. The largest absolute Gasteiger partial charge is 0.497 e. The number of rotatable bonds is 8. The molecular formula is C20H26N2O5. The summed E-state index contributed by atoms with van der Waals surface area (Å²) in [5.41, 5.74) is 2.68. The lowest BCUT2D eigenvalue weighted by atomic mass is 10.0. The maximum Gasteiger partial charge on any atom is 0.340 e. The van der Waals surface area contributed by atoms with E-state index in [9.17, 15) is 9.59 Å². The Hall–Kier alpha value is -2.96. The number of carbonyl (C=O) groups excluding carboxylic acids is 2. The fourth-order valence-electron chi connectivity index (χ4n) is 2.94. The second kappa shape index (κ2) is 8.62. The fraction of sp³-hybridized carbons (Fsp3) is 0.400. The van der Waals surface area contributed by atoms with Crippen molar-refractivity contribution in [1.82, 2.24) is 4.98 Å². The van der Waals surface area contributed by atoms with Crippen LogP contribution in [0, 0.1) is 13.8 Å². The molecule has 0 saturated carbocycles. The van der Waals surface area contributed by atoms with Crippen molar-refractivity contribution in [1.29, 1.82) is 0 Å². The van der Waals surface area contributed by atoms with Crippen LogP contribution in [0.2, 0.25) is 0 Å². The normalized spacial score (nSPS) is 11.6. The molecule has 0 bridgehead atoms. The van der Waals surface area contributed by atoms with Gasteiger partial charge in [0.2, 0.25) is 5.78 Å². The molecule has 0 unspecified atom stereocenters. The van der Waals surface area contributed by atoms with Crippen LogP contribution in [0.15, 0.2) is 18.2 Å². The number of aryl methyl sites for hydroxylation is 1. The van der Waals surface area contributed by atoms with Crippen LogP contribution < -0.4 is 14.8 Å². The Morgan fingerprint density at radius 3 is 2.48 bits per heavy atom. The minimum absolute atomic E-state index is 0.163. The Bertz CT molecular complexity index is 841. The molecule has 27 heavy (non-hydrogen) atoms. The van der Waals surface area contributed by atoms with Crippen molar-refractivity contribution in [2.75, 3.05) is 26.1 Å². The number of methoxy groups -OCH3 is 2. The first-order valence-corrected chi connectivity index (χ1v) is 8.73. The summed E-state index contributed by atoms with van der Waals surface area (Å²) in [6, 6.07) is 4.77. The molecule has 0 radical (unpaired) electrons. The lowest BCUT2D eigenvalue weighted by Gasteiger charge is -2.17. The first-order valence-electron chi connectivity index (χ1n) is 8.73. The maximum absolute atomic E-state index is 12.9. The maximum atomic E-state index is 12.9. The molecule has 0 spiro atoms. The van der Waals surface area contributed by atoms with E-state index in [4.69, 9.17) is 14.2 Å². The van der Waals surface area contributed by atoms with Crippen LogP contribution in [-0.4, -0.2) is 43.6 Å². The van der Waals surface area contributed by atoms with E-state index in [-0.39, 0.29) is 12.4 Å². The first kappa shape index (κ1) is 20.4. The Labute approximate surface area is 159 Å². The van der Waals surface area contributed by atoms with Gasteiger partial charge in [-0.05, 0) is 45.4 Å². The lowest BCUT2D eigenvalue weighted by Crippen LogP contribution is -2.27. The SMILES string of the molecule is CCOC(=O)c1c(C)[nH]c(C(=O)[C@H](C)Nc2ccc(OC)cc2OC)c1C. The average Bonchev–Trinajstić information content (AvgIpc) is 2.95. The number of esters is 1. The van der Waals surface area contributed by atoms with E-state index >= 15 is 0 Å². The molecule has 146 valence electrons. The second-order valence-corrected chi connectivity index (χ2v) is 6.14. The molecule has 1 atom stereocenters. The summed E-state index contributed by atoms with van der Waals surface area (Å²) in [4.78, 5) is 28.1. The van der Waals surface area contributed by atoms with Crippen molar-refractivity contribution in [3.05, 3.63) is 40.7 Å². The van der Waals surface area contributed by atoms with Gasteiger partial charge in [0.05, 0.1) is 43.8 Å². The van der Waals surface area contributed by atoms with Gasteiger partial charge in [0.15, 0.2) is 0 Å². The Morgan fingerprint density at radius 2 is 1.89 bits per heavy atom. The number of H-pyrrole nitrogens is 1. The molecule has 2 aromatic rings. The molecular weight excluding hydrogens is 348 g/mol. The highest BCUT2D eigenvalue weighted by atomic mass is 16.5. The van der Waals surface area contributed by atoms with Crippen molar-refractivity contribution in [3.63, 3.8) is 0 Å². The summed E-state index contributed by atoms with van der Waals surface area (Å²) in [5.74, 6) is 0.635. The molecule has 0 amide bonds. The number of aromatic nitrogens is 1. The minimum atomic E-state index is -0.543. The Kier molecular flexibility index (Phi) is 6.50. The van der Waals surface area contributed by atoms with E-state index in [0.717, 1.165) is 0 Å². The van der Waals surface area contributed by atoms with Crippen LogP contribution in [0.1, 0.15) is 46.0 Å². The molecule has 0 aliphatic carbocycles. The third-order valence-corrected chi connectivity index (χ3v) is 4.34. The first-order chi connectivity index (χ1) is 12.8. The predicted octanol–water partition coefficient (Wildman–Crippen LogP) is 3.51. The number of nitrogens with one attached hydrogen (secondary N) is 2. The monoisotopic (exact) mass is 374 g/mol. The molecule has 0 aliphatic rings. The van der Waals surface area contributed by atoms with Crippen LogP contribution in [0.3, 0.4) is 0 Å². The number of ketones is 1. The number of hydrogen-bond donors (Lipinski definition) is 2. The van der Waals surface area contributed by atoms with Crippen molar-refractivity contribution in [2.24, 2.45) is 0 Å². The number of anilines is 1. The van der Waals surface area contributed by atoms with Crippen LogP contribution in [-0.2, 0) is 4.74 Å².